The molecule has 0 unspecified atom stereocenters. The van der Waals surface area contributed by atoms with Crippen molar-refractivity contribution in [3.63, 3.8) is 0 Å². The predicted molar refractivity (Wildman–Crippen MR) is 77.5 cm³/mol. The molecule has 96 valence electrons. The first-order valence-corrected chi connectivity index (χ1v) is 6.79. The molecule has 0 bridgehead atoms. The third-order valence-corrected chi connectivity index (χ3v) is 3.22. The monoisotopic (exact) mass is 242 g/mol. The molecule has 0 saturated heterocycles. The molecular formula is C16H22N2. The van der Waals surface area contributed by atoms with E-state index in [0.717, 1.165) is 19.0 Å². The van der Waals surface area contributed by atoms with Crippen LogP contribution >= 0.6 is 0 Å². The van der Waals surface area contributed by atoms with E-state index < -0.39 is 0 Å². The maximum atomic E-state index is 4.16. The fourth-order valence-electron chi connectivity index (χ4n) is 2.20. The number of rotatable bonds is 6. The van der Waals surface area contributed by atoms with Crippen molar-refractivity contribution in [1.29, 1.82) is 0 Å². The lowest BCUT2D eigenvalue weighted by Gasteiger charge is -2.09. The largest absolute Gasteiger partial charge is 0.313 e. The molecule has 2 rings (SSSR count). The van der Waals surface area contributed by atoms with Crippen LogP contribution in [0.2, 0.25) is 0 Å². The van der Waals surface area contributed by atoms with Gasteiger partial charge >= 0.3 is 0 Å². The van der Waals surface area contributed by atoms with E-state index in [9.17, 15) is 0 Å². The second kappa shape index (κ2) is 6.50. The summed E-state index contributed by atoms with van der Waals surface area (Å²) in [5, 5.41) is 6.06. The minimum atomic E-state index is 0.801. The van der Waals surface area contributed by atoms with Crippen molar-refractivity contribution in [2.24, 2.45) is 5.92 Å². The molecule has 0 spiro atoms. The molecule has 0 aliphatic heterocycles. The van der Waals surface area contributed by atoms with Gasteiger partial charge in [-0.05, 0) is 42.3 Å². The normalized spacial score (nSPS) is 11.3. The Morgan fingerprint density at radius 2 is 2.11 bits per heavy atom. The highest BCUT2D eigenvalue weighted by molar-refractivity contribution is 5.84. The Morgan fingerprint density at radius 1 is 1.22 bits per heavy atom. The van der Waals surface area contributed by atoms with Gasteiger partial charge in [0.1, 0.15) is 0 Å². The summed E-state index contributed by atoms with van der Waals surface area (Å²) in [7, 11) is 0. The zero-order chi connectivity index (χ0) is 12.8. The van der Waals surface area contributed by atoms with Gasteiger partial charge in [-0.3, -0.25) is 4.98 Å². The molecule has 0 amide bonds. The quantitative estimate of drug-likeness (QED) is 0.780. The van der Waals surface area contributed by atoms with Crippen molar-refractivity contribution >= 4 is 10.8 Å². The minimum Gasteiger partial charge on any atom is -0.313 e. The number of hydrogen-bond acceptors (Lipinski definition) is 2. The van der Waals surface area contributed by atoms with Crippen LogP contribution in [0.4, 0.5) is 0 Å². The second-order valence-electron chi connectivity index (χ2n) is 5.23. The number of benzene rings is 1. The molecule has 0 radical (unpaired) electrons. The van der Waals surface area contributed by atoms with E-state index in [1.807, 2.05) is 12.4 Å². The lowest BCUT2D eigenvalue weighted by atomic mass is 10.1. The van der Waals surface area contributed by atoms with Gasteiger partial charge in [0.05, 0.1) is 0 Å². The predicted octanol–water partition coefficient (Wildman–Crippen LogP) is 3.76. The van der Waals surface area contributed by atoms with Gasteiger partial charge in [0.25, 0.3) is 0 Å². The SMILES string of the molecule is CC(C)CCCNCc1cccc2cnccc12. The number of aromatic nitrogens is 1. The average molecular weight is 242 g/mol. The van der Waals surface area contributed by atoms with E-state index in [4.69, 9.17) is 0 Å². The van der Waals surface area contributed by atoms with Crippen LogP contribution < -0.4 is 5.32 Å². The molecule has 0 atom stereocenters. The van der Waals surface area contributed by atoms with Crippen molar-refractivity contribution in [1.82, 2.24) is 10.3 Å². The first-order valence-electron chi connectivity index (χ1n) is 6.79. The maximum absolute atomic E-state index is 4.16. The van der Waals surface area contributed by atoms with Gasteiger partial charge in [0.2, 0.25) is 0 Å². The number of fused-ring (bicyclic) bond motifs is 1. The molecule has 0 saturated carbocycles. The highest BCUT2D eigenvalue weighted by atomic mass is 14.8. The van der Waals surface area contributed by atoms with Crippen LogP contribution in [-0.4, -0.2) is 11.5 Å². The van der Waals surface area contributed by atoms with Crippen molar-refractivity contribution in [3.8, 4) is 0 Å². The summed E-state index contributed by atoms with van der Waals surface area (Å²) in [6.07, 6.45) is 6.35. The molecule has 1 heterocycles. The molecule has 1 aromatic carbocycles. The van der Waals surface area contributed by atoms with E-state index in [1.54, 1.807) is 0 Å². The van der Waals surface area contributed by atoms with Gasteiger partial charge in [-0.25, -0.2) is 0 Å². The van der Waals surface area contributed by atoms with Crippen LogP contribution in [0.1, 0.15) is 32.3 Å². The van der Waals surface area contributed by atoms with Crippen molar-refractivity contribution in [2.75, 3.05) is 6.54 Å². The number of hydrogen-bond donors (Lipinski definition) is 1. The van der Waals surface area contributed by atoms with E-state index >= 15 is 0 Å². The van der Waals surface area contributed by atoms with Crippen LogP contribution in [0.5, 0.6) is 0 Å². The smallest absolute Gasteiger partial charge is 0.0346 e. The van der Waals surface area contributed by atoms with Crippen molar-refractivity contribution in [3.05, 3.63) is 42.2 Å². The van der Waals surface area contributed by atoms with Crippen LogP contribution in [0.15, 0.2) is 36.7 Å². The average Bonchev–Trinajstić information content (AvgIpc) is 2.38. The molecule has 0 fully saturated rings. The Hall–Kier alpha value is -1.41. The summed E-state index contributed by atoms with van der Waals surface area (Å²) >= 11 is 0. The van der Waals surface area contributed by atoms with E-state index in [1.165, 1.54) is 29.2 Å². The Balaban J connectivity index is 1.91. The molecule has 18 heavy (non-hydrogen) atoms. The molecule has 2 nitrogen and oxygen atoms in total. The van der Waals surface area contributed by atoms with Gasteiger partial charge in [-0.15, -0.1) is 0 Å². The Morgan fingerprint density at radius 3 is 2.94 bits per heavy atom. The zero-order valence-corrected chi connectivity index (χ0v) is 11.3. The zero-order valence-electron chi connectivity index (χ0n) is 11.3. The van der Waals surface area contributed by atoms with E-state index in [2.05, 4.69) is 48.4 Å². The van der Waals surface area contributed by atoms with Gasteiger partial charge in [-0.1, -0.05) is 32.0 Å². The van der Waals surface area contributed by atoms with Gasteiger partial charge < -0.3 is 5.32 Å². The summed E-state index contributed by atoms with van der Waals surface area (Å²) in [6.45, 7) is 6.59. The summed E-state index contributed by atoms with van der Waals surface area (Å²) in [4.78, 5) is 4.16. The molecule has 1 aromatic heterocycles. The fourth-order valence-corrected chi connectivity index (χ4v) is 2.20. The van der Waals surface area contributed by atoms with Crippen molar-refractivity contribution < 1.29 is 0 Å². The lowest BCUT2D eigenvalue weighted by molar-refractivity contribution is 0.528. The first kappa shape index (κ1) is 13.0. The number of nitrogens with zero attached hydrogens (tertiary/aromatic N) is 1. The van der Waals surface area contributed by atoms with Crippen molar-refractivity contribution in [2.45, 2.75) is 33.2 Å². The maximum Gasteiger partial charge on any atom is 0.0346 e. The van der Waals surface area contributed by atoms with Crippen LogP contribution in [0, 0.1) is 5.92 Å². The Kier molecular flexibility index (Phi) is 4.71. The van der Waals surface area contributed by atoms with Gasteiger partial charge in [-0.2, -0.15) is 0 Å². The Labute approximate surface area is 109 Å². The third-order valence-electron chi connectivity index (χ3n) is 3.22. The molecule has 2 heteroatoms. The van der Waals surface area contributed by atoms with Crippen LogP contribution in [0.25, 0.3) is 10.8 Å². The third kappa shape index (κ3) is 3.54. The Bertz CT molecular complexity index is 486. The van der Waals surface area contributed by atoms with E-state index in [-0.39, 0.29) is 0 Å². The summed E-state index contributed by atoms with van der Waals surface area (Å²) < 4.78 is 0. The van der Waals surface area contributed by atoms with Crippen LogP contribution in [0.3, 0.4) is 0 Å². The summed E-state index contributed by atoms with van der Waals surface area (Å²) in [5.74, 6) is 0.801. The van der Waals surface area contributed by atoms with Crippen LogP contribution in [-0.2, 0) is 6.54 Å². The number of nitrogens with one attached hydrogen (secondary N) is 1. The molecular weight excluding hydrogens is 220 g/mol. The first-order chi connectivity index (χ1) is 8.77. The number of pyridine rings is 1. The molecule has 0 aliphatic rings. The van der Waals surface area contributed by atoms with Gasteiger partial charge in [0.15, 0.2) is 0 Å². The fraction of sp³-hybridized carbons (Fsp3) is 0.438. The molecule has 0 aliphatic carbocycles. The molecule has 1 N–H and O–H groups in total. The summed E-state index contributed by atoms with van der Waals surface area (Å²) in [6, 6.07) is 8.51. The highest BCUT2D eigenvalue weighted by Gasteiger charge is 2.00. The lowest BCUT2D eigenvalue weighted by Crippen LogP contribution is -2.15. The minimum absolute atomic E-state index is 0.801. The molecule has 2 aromatic rings. The standard InChI is InChI=1S/C16H22N2/c1-13(2)5-4-9-17-11-14-6-3-7-15-12-18-10-8-16(14)15/h3,6-8,10,12-13,17H,4-5,9,11H2,1-2H3. The van der Waals surface area contributed by atoms with Gasteiger partial charge in [0, 0.05) is 24.3 Å². The second-order valence-corrected chi connectivity index (χ2v) is 5.23. The topological polar surface area (TPSA) is 24.9 Å². The van der Waals surface area contributed by atoms with E-state index in [0.29, 0.717) is 0 Å². The highest BCUT2D eigenvalue weighted by Crippen LogP contribution is 2.17. The summed E-state index contributed by atoms with van der Waals surface area (Å²) in [5.41, 5.74) is 1.36.